The van der Waals surface area contributed by atoms with Crippen LogP contribution in [-0.2, 0) is 4.79 Å². The van der Waals surface area contributed by atoms with Crippen LogP contribution in [0.15, 0.2) is 0 Å². The van der Waals surface area contributed by atoms with Gasteiger partial charge < -0.3 is 10.6 Å². The third kappa shape index (κ3) is 4.65. The molecule has 0 bridgehead atoms. The van der Waals surface area contributed by atoms with E-state index >= 15 is 0 Å². The van der Waals surface area contributed by atoms with Crippen LogP contribution < -0.4 is 10.6 Å². The summed E-state index contributed by atoms with van der Waals surface area (Å²) in [4.78, 5) is 11.3. The van der Waals surface area contributed by atoms with Crippen LogP contribution in [0.3, 0.4) is 0 Å². The van der Waals surface area contributed by atoms with Crippen LogP contribution in [0.2, 0.25) is 0 Å². The lowest BCUT2D eigenvalue weighted by molar-refractivity contribution is -0.121. The van der Waals surface area contributed by atoms with Gasteiger partial charge in [-0.15, -0.1) is 0 Å². The van der Waals surface area contributed by atoms with Crippen molar-refractivity contribution in [1.82, 2.24) is 10.6 Å². The lowest BCUT2D eigenvalue weighted by Gasteiger charge is -2.09. The molecule has 0 aromatic rings. The quantitative estimate of drug-likeness (QED) is 0.656. The maximum atomic E-state index is 11.3. The monoisotopic (exact) mass is 212 g/mol. The van der Waals surface area contributed by atoms with E-state index in [0.29, 0.717) is 11.8 Å². The molecule has 1 atom stereocenters. The molecule has 1 aliphatic carbocycles. The van der Waals surface area contributed by atoms with Crippen molar-refractivity contribution >= 4 is 5.91 Å². The van der Waals surface area contributed by atoms with Crippen molar-refractivity contribution < 1.29 is 4.79 Å². The van der Waals surface area contributed by atoms with Gasteiger partial charge in [-0.05, 0) is 38.1 Å². The molecule has 15 heavy (non-hydrogen) atoms. The predicted molar refractivity (Wildman–Crippen MR) is 62.7 cm³/mol. The summed E-state index contributed by atoms with van der Waals surface area (Å²) in [5.41, 5.74) is 0.535. The van der Waals surface area contributed by atoms with Gasteiger partial charge in [-0.3, -0.25) is 4.79 Å². The van der Waals surface area contributed by atoms with E-state index in [1.54, 1.807) is 0 Å². The van der Waals surface area contributed by atoms with Crippen LogP contribution in [0.1, 0.15) is 40.5 Å². The molecule has 1 aliphatic rings. The molecule has 2 N–H and O–H groups in total. The van der Waals surface area contributed by atoms with Gasteiger partial charge in [-0.2, -0.15) is 0 Å². The molecule has 0 aromatic heterocycles. The lowest BCUT2D eigenvalue weighted by atomic mass is 10.1. The lowest BCUT2D eigenvalue weighted by Crippen LogP contribution is -2.33. The van der Waals surface area contributed by atoms with Crippen LogP contribution >= 0.6 is 0 Å². The molecule has 1 amide bonds. The second-order valence-corrected chi connectivity index (χ2v) is 5.57. The highest BCUT2D eigenvalue weighted by Crippen LogP contribution is 2.50. The van der Waals surface area contributed by atoms with Crippen molar-refractivity contribution in [3.05, 3.63) is 0 Å². The van der Waals surface area contributed by atoms with Crippen molar-refractivity contribution in [3.63, 3.8) is 0 Å². The summed E-state index contributed by atoms with van der Waals surface area (Å²) in [5, 5.41) is 6.23. The number of hydrogen-bond donors (Lipinski definition) is 2. The van der Waals surface area contributed by atoms with E-state index in [2.05, 4.69) is 24.5 Å². The predicted octanol–water partition coefficient (Wildman–Crippen LogP) is 1.54. The Morgan fingerprint density at radius 3 is 2.53 bits per heavy atom. The normalized spacial score (nSPS) is 22.9. The van der Waals surface area contributed by atoms with Crippen LogP contribution in [0, 0.1) is 11.3 Å². The highest BCUT2D eigenvalue weighted by atomic mass is 16.1. The first-order valence-corrected chi connectivity index (χ1v) is 5.92. The Morgan fingerprint density at radius 1 is 1.47 bits per heavy atom. The molecule has 3 heteroatoms. The van der Waals surface area contributed by atoms with Gasteiger partial charge in [-0.25, -0.2) is 0 Å². The maximum Gasteiger partial charge on any atom is 0.221 e. The third-order valence-corrected chi connectivity index (χ3v) is 3.09. The van der Waals surface area contributed by atoms with E-state index in [4.69, 9.17) is 0 Å². The molecular weight excluding hydrogens is 188 g/mol. The third-order valence-electron chi connectivity index (χ3n) is 3.09. The van der Waals surface area contributed by atoms with E-state index < -0.39 is 0 Å². The summed E-state index contributed by atoms with van der Waals surface area (Å²) in [7, 11) is 0. The minimum atomic E-state index is 0.146. The van der Waals surface area contributed by atoms with E-state index in [9.17, 15) is 4.79 Å². The van der Waals surface area contributed by atoms with E-state index in [0.717, 1.165) is 19.0 Å². The summed E-state index contributed by atoms with van der Waals surface area (Å²) >= 11 is 0. The molecule has 1 saturated carbocycles. The van der Waals surface area contributed by atoms with Gasteiger partial charge in [0.05, 0.1) is 0 Å². The minimum Gasteiger partial charge on any atom is -0.354 e. The zero-order valence-corrected chi connectivity index (χ0v) is 10.4. The van der Waals surface area contributed by atoms with Crippen molar-refractivity contribution in [1.29, 1.82) is 0 Å². The highest BCUT2D eigenvalue weighted by Gasteiger charge is 2.44. The molecule has 0 heterocycles. The van der Waals surface area contributed by atoms with Gasteiger partial charge in [-0.1, -0.05) is 13.8 Å². The molecule has 3 nitrogen and oxygen atoms in total. The Labute approximate surface area is 93.0 Å². The van der Waals surface area contributed by atoms with Crippen LogP contribution in [0.25, 0.3) is 0 Å². The zero-order chi connectivity index (χ0) is 11.5. The SMILES string of the molecule is CC(C)NC(=O)CCNCC1CC1(C)C. The number of carbonyl (C=O) groups excluding carboxylic acids is 1. The molecule has 0 spiro atoms. The molecule has 1 unspecified atom stereocenters. The average Bonchev–Trinajstić information content (AvgIpc) is 2.67. The number of carbonyl (C=O) groups is 1. The average molecular weight is 212 g/mol. The standard InChI is InChI=1S/C12H24N2O/c1-9(2)14-11(15)5-6-13-8-10-7-12(10,3)4/h9-10,13H,5-8H2,1-4H3,(H,14,15). The summed E-state index contributed by atoms with van der Waals surface area (Å²) < 4.78 is 0. The summed E-state index contributed by atoms with van der Waals surface area (Å²) in [6.45, 7) is 10.4. The number of rotatable bonds is 6. The summed E-state index contributed by atoms with van der Waals surface area (Å²) in [6.07, 6.45) is 1.91. The van der Waals surface area contributed by atoms with Crippen molar-refractivity contribution in [2.24, 2.45) is 11.3 Å². The summed E-state index contributed by atoms with van der Waals surface area (Å²) in [5.74, 6) is 0.957. The molecular formula is C12H24N2O. The molecule has 1 rings (SSSR count). The smallest absolute Gasteiger partial charge is 0.221 e. The number of amides is 1. The van der Waals surface area contributed by atoms with Gasteiger partial charge in [0, 0.05) is 19.0 Å². The topological polar surface area (TPSA) is 41.1 Å². The molecule has 1 fully saturated rings. The first-order chi connectivity index (χ1) is 6.92. The highest BCUT2D eigenvalue weighted by molar-refractivity contribution is 5.76. The van der Waals surface area contributed by atoms with Crippen molar-refractivity contribution in [2.45, 2.75) is 46.6 Å². The van der Waals surface area contributed by atoms with E-state index in [1.165, 1.54) is 6.42 Å². The van der Waals surface area contributed by atoms with Crippen molar-refractivity contribution in [2.75, 3.05) is 13.1 Å². The Kier molecular flexibility index (Phi) is 4.14. The Hall–Kier alpha value is -0.570. The van der Waals surface area contributed by atoms with E-state index in [1.807, 2.05) is 13.8 Å². The Morgan fingerprint density at radius 2 is 2.07 bits per heavy atom. The Bertz CT molecular complexity index is 224. The largest absolute Gasteiger partial charge is 0.354 e. The van der Waals surface area contributed by atoms with Crippen LogP contribution in [-0.4, -0.2) is 25.0 Å². The fourth-order valence-corrected chi connectivity index (χ4v) is 1.80. The fraction of sp³-hybridized carbons (Fsp3) is 0.917. The molecule has 0 saturated heterocycles. The van der Waals surface area contributed by atoms with Gasteiger partial charge in [0.15, 0.2) is 0 Å². The number of nitrogens with one attached hydrogen (secondary N) is 2. The molecule has 0 aliphatic heterocycles. The molecule has 0 aromatic carbocycles. The van der Waals surface area contributed by atoms with Crippen molar-refractivity contribution in [3.8, 4) is 0 Å². The van der Waals surface area contributed by atoms with Gasteiger partial charge in [0.1, 0.15) is 0 Å². The maximum absolute atomic E-state index is 11.3. The first kappa shape index (κ1) is 12.5. The van der Waals surface area contributed by atoms with Crippen LogP contribution in [0.4, 0.5) is 0 Å². The summed E-state index contributed by atoms with van der Waals surface area (Å²) in [6, 6.07) is 0.250. The van der Waals surface area contributed by atoms with Gasteiger partial charge >= 0.3 is 0 Å². The second kappa shape index (κ2) is 4.97. The minimum absolute atomic E-state index is 0.146. The Balaban J connectivity index is 1.96. The molecule has 0 radical (unpaired) electrons. The number of hydrogen-bond acceptors (Lipinski definition) is 2. The van der Waals surface area contributed by atoms with E-state index in [-0.39, 0.29) is 11.9 Å². The molecule has 88 valence electrons. The first-order valence-electron chi connectivity index (χ1n) is 5.92. The van der Waals surface area contributed by atoms with Gasteiger partial charge in [0.25, 0.3) is 0 Å². The second-order valence-electron chi connectivity index (χ2n) is 5.57. The zero-order valence-electron chi connectivity index (χ0n) is 10.4. The van der Waals surface area contributed by atoms with Gasteiger partial charge in [0.2, 0.25) is 5.91 Å². The van der Waals surface area contributed by atoms with Crippen LogP contribution in [0.5, 0.6) is 0 Å². The fourth-order valence-electron chi connectivity index (χ4n) is 1.80.